The molecule has 5 nitrogen and oxygen atoms in total. The summed E-state index contributed by atoms with van der Waals surface area (Å²) in [6.07, 6.45) is 1.65. The van der Waals surface area contributed by atoms with Crippen molar-refractivity contribution in [3.8, 4) is 5.75 Å². The maximum absolute atomic E-state index is 12.0. The van der Waals surface area contributed by atoms with Crippen LogP contribution in [0.25, 0.3) is 0 Å². The van der Waals surface area contributed by atoms with Gasteiger partial charge in [0.25, 0.3) is 0 Å². The molecule has 0 aromatic carbocycles. The summed E-state index contributed by atoms with van der Waals surface area (Å²) in [6, 6.07) is 1.38. The first kappa shape index (κ1) is 21.9. The lowest BCUT2D eigenvalue weighted by molar-refractivity contribution is 0.0464. The lowest BCUT2D eigenvalue weighted by atomic mass is 9.83. The SMILES string of the molecule is CC(C)(C)OC(=O)NC(Cc1cnc(Cl)c(O)c1)C(C)(C)C.S. The molecule has 1 amide bonds. The average Bonchev–Trinajstić information content (AvgIpc) is 2.29. The van der Waals surface area contributed by atoms with Crippen molar-refractivity contribution in [2.75, 3.05) is 0 Å². The molecule has 0 aliphatic heterocycles. The van der Waals surface area contributed by atoms with Crippen molar-refractivity contribution in [3.63, 3.8) is 0 Å². The summed E-state index contributed by atoms with van der Waals surface area (Å²) in [5.74, 6) is -0.0657. The number of rotatable bonds is 3. The number of carbonyl (C=O) groups is 1. The van der Waals surface area contributed by atoms with E-state index in [4.69, 9.17) is 16.3 Å². The first-order valence-electron chi connectivity index (χ1n) is 7.21. The summed E-state index contributed by atoms with van der Waals surface area (Å²) < 4.78 is 5.31. The molecule has 1 aromatic rings. The van der Waals surface area contributed by atoms with Crippen LogP contribution in [0.4, 0.5) is 4.79 Å². The Morgan fingerprint density at radius 3 is 2.35 bits per heavy atom. The van der Waals surface area contributed by atoms with Gasteiger partial charge in [-0.05, 0) is 44.2 Å². The molecular weight excluding hydrogens is 336 g/mol. The minimum Gasteiger partial charge on any atom is -0.505 e. The van der Waals surface area contributed by atoms with Gasteiger partial charge in [0.15, 0.2) is 10.9 Å². The van der Waals surface area contributed by atoms with Gasteiger partial charge in [0.1, 0.15) is 5.60 Å². The summed E-state index contributed by atoms with van der Waals surface area (Å²) in [5.41, 5.74) is 0.0524. The van der Waals surface area contributed by atoms with E-state index in [1.54, 1.807) is 12.3 Å². The lowest BCUT2D eigenvalue weighted by Crippen LogP contribution is -2.47. The highest BCUT2D eigenvalue weighted by Crippen LogP contribution is 2.26. The Bertz CT molecular complexity index is 539. The molecule has 1 rings (SSSR count). The third-order valence-corrected chi connectivity index (χ3v) is 3.34. The van der Waals surface area contributed by atoms with Gasteiger partial charge in [0, 0.05) is 12.2 Å². The highest BCUT2D eigenvalue weighted by atomic mass is 35.5. The number of pyridine rings is 1. The fourth-order valence-corrected chi connectivity index (χ4v) is 1.95. The Labute approximate surface area is 150 Å². The van der Waals surface area contributed by atoms with E-state index in [0.717, 1.165) is 5.56 Å². The van der Waals surface area contributed by atoms with Crippen LogP contribution in [-0.4, -0.2) is 27.8 Å². The number of hydrogen-bond donors (Lipinski definition) is 2. The molecule has 0 fully saturated rings. The van der Waals surface area contributed by atoms with E-state index >= 15 is 0 Å². The number of alkyl carbamates (subject to hydrolysis) is 1. The smallest absolute Gasteiger partial charge is 0.407 e. The number of hydrogen-bond acceptors (Lipinski definition) is 4. The van der Waals surface area contributed by atoms with Crippen LogP contribution in [0, 0.1) is 5.41 Å². The first-order chi connectivity index (χ1) is 9.88. The summed E-state index contributed by atoms with van der Waals surface area (Å²) >= 11 is 5.71. The van der Waals surface area contributed by atoms with Crippen molar-refractivity contribution < 1.29 is 14.6 Å². The number of amides is 1. The summed E-state index contributed by atoms with van der Waals surface area (Å²) in [4.78, 5) is 15.9. The van der Waals surface area contributed by atoms with E-state index in [0.29, 0.717) is 6.42 Å². The molecule has 1 atom stereocenters. The second-order valence-electron chi connectivity index (χ2n) is 7.42. The fraction of sp³-hybridized carbons (Fsp3) is 0.625. The standard InChI is InChI=1S/C16H25ClN2O3.H2S/c1-15(2,3)12(19-14(21)22-16(4,5)6)8-10-7-11(20)13(17)18-9-10;/h7,9,12,20H,8H2,1-6H3,(H,19,21);1H2. The van der Waals surface area contributed by atoms with Gasteiger partial charge in [-0.25, -0.2) is 9.78 Å². The van der Waals surface area contributed by atoms with E-state index in [2.05, 4.69) is 10.3 Å². The Kier molecular flexibility index (Phi) is 7.70. The van der Waals surface area contributed by atoms with Crippen LogP contribution < -0.4 is 5.32 Å². The van der Waals surface area contributed by atoms with Crippen molar-refractivity contribution in [3.05, 3.63) is 23.0 Å². The van der Waals surface area contributed by atoms with Crippen molar-refractivity contribution in [1.82, 2.24) is 10.3 Å². The summed E-state index contributed by atoms with van der Waals surface area (Å²) in [5, 5.41) is 12.6. The number of nitrogens with one attached hydrogen (secondary N) is 1. The predicted molar refractivity (Wildman–Crippen MR) is 97.6 cm³/mol. The number of carbonyl (C=O) groups excluding carboxylic acids is 1. The monoisotopic (exact) mass is 362 g/mol. The van der Waals surface area contributed by atoms with E-state index in [1.165, 1.54) is 0 Å². The predicted octanol–water partition coefficient (Wildman–Crippen LogP) is 4.04. The van der Waals surface area contributed by atoms with Crippen LogP contribution in [0.5, 0.6) is 5.75 Å². The Hall–Kier alpha value is -1.14. The Morgan fingerprint density at radius 2 is 1.91 bits per heavy atom. The van der Waals surface area contributed by atoms with Crippen molar-refractivity contribution in [2.24, 2.45) is 5.41 Å². The molecule has 0 saturated heterocycles. The molecule has 1 heterocycles. The highest BCUT2D eigenvalue weighted by Gasteiger charge is 2.28. The molecule has 23 heavy (non-hydrogen) atoms. The van der Waals surface area contributed by atoms with E-state index in [9.17, 15) is 9.90 Å². The molecule has 1 unspecified atom stereocenters. The van der Waals surface area contributed by atoms with E-state index in [-0.39, 0.29) is 35.9 Å². The lowest BCUT2D eigenvalue weighted by Gasteiger charge is -2.32. The second-order valence-corrected chi connectivity index (χ2v) is 7.78. The van der Waals surface area contributed by atoms with Crippen LogP contribution in [0.15, 0.2) is 12.3 Å². The number of aromatic nitrogens is 1. The Balaban J connectivity index is 0.00000484. The average molecular weight is 363 g/mol. The molecule has 0 saturated carbocycles. The van der Waals surface area contributed by atoms with Gasteiger partial charge in [-0.2, -0.15) is 13.5 Å². The van der Waals surface area contributed by atoms with Gasteiger partial charge in [0.05, 0.1) is 0 Å². The number of aromatic hydroxyl groups is 1. The maximum atomic E-state index is 12.0. The van der Waals surface area contributed by atoms with Gasteiger partial charge in [-0.3, -0.25) is 0 Å². The third-order valence-electron chi connectivity index (χ3n) is 3.05. The van der Waals surface area contributed by atoms with E-state index in [1.807, 2.05) is 41.5 Å². The number of ether oxygens (including phenoxy) is 1. The highest BCUT2D eigenvalue weighted by molar-refractivity contribution is 7.59. The molecule has 132 valence electrons. The molecule has 0 radical (unpaired) electrons. The van der Waals surface area contributed by atoms with E-state index < -0.39 is 11.7 Å². The summed E-state index contributed by atoms with van der Waals surface area (Å²) in [6.45, 7) is 11.5. The minimum absolute atomic E-state index is 0. The van der Waals surface area contributed by atoms with Gasteiger partial charge in [-0.1, -0.05) is 32.4 Å². The van der Waals surface area contributed by atoms with Crippen LogP contribution in [0.1, 0.15) is 47.1 Å². The van der Waals surface area contributed by atoms with Gasteiger partial charge >= 0.3 is 6.09 Å². The summed E-state index contributed by atoms with van der Waals surface area (Å²) in [7, 11) is 0. The van der Waals surface area contributed by atoms with Crippen LogP contribution in [-0.2, 0) is 11.2 Å². The molecule has 0 aliphatic carbocycles. The van der Waals surface area contributed by atoms with Crippen LogP contribution >= 0.6 is 25.1 Å². The third kappa shape index (κ3) is 7.79. The van der Waals surface area contributed by atoms with Crippen LogP contribution in [0.2, 0.25) is 5.15 Å². The molecule has 0 aliphatic rings. The maximum Gasteiger partial charge on any atom is 0.407 e. The van der Waals surface area contributed by atoms with Gasteiger partial charge in [0.2, 0.25) is 0 Å². The number of nitrogens with zero attached hydrogens (tertiary/aromatic N) is 1. The number of halogens is 1. The molecular formula is C16H27ClN2O3S. The molecule has 2 N–H and O–H groups in total. The topological polar surface area (TPSA) is 71.5 Å². The fourth-order valence-electron chi connectivity index (χ4n) is 1.85. The Morgan fingerprint density at radius 1 is 1.35 bits per heavy atom. The second kappa shape index (κ2) is 8.11. The van der Waals surface area contributed by atoms with Gasteiger partial charge < -0.3 is 15.2 Å². The zero-order valence-corrected chi connectivity index (χ0v) is 16.3. The normalized spacial score (nSPS) is 13.0. The first-order valence-corrected chi connectivity index (χ1v) is 7.59. The quantitative estimate of drug-likeness (QED) is 0.796. The molecule has 0 spiro atoms. The molecule has 0 bridgehead atoms. The van der Waals surface area contributed by atoms with Crippen molar-refractivity contribution in [2.45, 2.75) is 59.6 Å². The van der Waals surface area contributed by atoms with Gasteiger partial charge in [-0.15, -0.1) is 0 Å². The zero-order valence-electron chi connectivity index (χ0n) is 14.5. The van der Waals surface area contributed by atoms with Crippen molar-refractivity contribution >= 4 is 31.2 Å². The minimum atomic E-state index is -0.549. The largest absolute Gasteiger partial charge is 0.505 e. The molecule has 1 aromatic heterocycles. The zero-order chi connectivity index (χ0) is 17.1. The molecule has 7 heteroatoms. The van der Waals surface area contributed by atoms with Crippen LogP contribution in [0.3, 0.4) is 0 Å². The van der Waals surface area contributed by atoms with Crippen molar-refractivity contribution in [1.29, 1.82) is 0 Å².